The Morgan fingerprint density at radius 2 is 2.50 bits per heavy atom. The molecule has 0 spiro atoms. The molecule has 1 rings (SSSR count). The molecule has 0 fully saturated rings. The predicted molar refractivity (Wildman–Crippen MR) is 45.0 cm³/mol. The van der Waals surface area contributed by atoms with Crippen LogP contribution in [-0.4, -0.2) is 21.1 Å². The Hall–Kier alpha value is -2.12. The third-order valence-electron chi connectivity index (χ3n) is 1.55. The van der Waals surface area contributed by atoms with E-state index in [2.05, 4.69) is 14.8 Å². The van der Waals surface area contributed by atoms with Gasteiger partial charge in [0, 0.05) is 0 Å². The van der Waals surface area contributed by atoms with E-state index in [1.54, 1.807) is 0 Å². The maximum Gasteiger partial charge on any atom is 0.334 e. The van der Waals surface area contributed by atoms with Gasteiger partial charge in [-0.25, -0.2) is 0 Å². The van der Waals surface area contributed by atoms with Crippen molar-refractivity contribution in [3.8, 4) is 0 Å². The van der Waals surface area contributed by atoms with Gasteiger partial charge in [-0.1, -0.05) is 10.3 Å². The number of nitro groups is 1. The quantitative estimate of drug-likeness (QED) is 0.235. The summed E-state index contributed by atoms with van der Waals surface area (Å²) in [5, 5.41) is 24.9. The molecule has 0 radical (unpaired) electrons. The van der Waals surface area contributed by atoms with Crippen molar-refractivity contribution in [1.29, 1.82) is 0 Å². The summed E-state index contributed by atoms with van der Waals surface area (Å²) in [4.78, 5) is 9.92. The SMILES string of the molecule is Cc1noc(C/C(N)=N/O)c1[N+](=O)[O-]. The minimum absolute atomic E-state index is 0.0252. The van der Waals surface area contributed by atoms with E-state index in [4.69, 9.17) is 10.9 Å². The molecular weight excluding hydrogens is 192 g/mol. The molecule has 0 aliphatic heterocycles. The molecule has 0 amide bonds. The van der Waals surface area contributed by atoms with Crippen molar-refractivity contribution in [2.75, 3.05) is 0 Å². The average molecular weight is 200 g/mol. The van der Waals surface area contributed by atoms with Crippen molar-refractivity contribution in [3.05, 3.63) is 21.6 Å². The van der Waals surface area contributed by atoms with Gasteiger partial charge in [0.15, 0.2) is 5.69 Å². The molecule has 76 valence electrons. The fourth-order valence-electron chi connectivity index (χ4n) is 0.962. The van der Waals surface area contributed by atoms with Gasteiger partial charge in [-0.3, -0.25) is 10.1 Å². The van der Waals surface area contributed by atoms with E-state index in [1.807, 2.05) is 0 Å². The fraction of sp³-hybridized carbons (Fsp3) is 0.333. The highest BCUT2D eigenvalue weighted by Crippen LogP contribution is 2.22. The van der Waals surface area contributed by atoms with Gasteiger partial charge in [-0.15, -0.1) is 0 Å². The zero-order valence-corrected chi connectivity index (χ0v) is 7.30. The molecule has 0 atom stereocenters. The largest absolute Gasteiger partial charge is 0.409 e. The lowest BCUT2D eigenvalue weighted by Gasteiger charge is -1.92. The van der Waals surface area contributed by atoms with Crippen molar-refractivity contribution in [2.45, 2.75) is 13.3 Å². The first-order valence-corrected chi connectivity index (χ1v) is 3.62. The Bertz CT molecular complexity index is 383. The molecule has 0 saturated carbocycles. The highest BCUT2D eigenvalue weighted by molar-refractivity contribution is 5.82. The zero-order chi connectivity index (χ0) is 10.7. The van der Waals surface area contributed by atoms with Crippen molar-refractivity contribution in [1.82, 2.24) is 5.16 Å². The first-order chi connectivity index (χ1) is 6.56. The molecule has 1 aromatic rings. The summed E-state index contributed by atoms with van der Waals surface area (Å²) in [6.45, 7) is 1.44. The molecule has 0 aliphatic rings. The Morgan fingerprint density at radius 3 is 3.00 bits per heavy atom. The van der Waals surface area contributed by atoms with Crippen LogP contribution in [0.15, 0.2) is 9.68 Å². The summed E-state index contributed by atoms with van der Waals surface area (Å²) >= 11 is 0. The first kappa shape index (κ1) is 9.96. The van der Waals surface area contributed by atoms with E-state index in [9.17, 15) is 10.1 Å². The van der Waals surface area contributed by atoms with Crippen LogP contribution in [-0.2, 0) is 6.42 Å². The number of rotatable bonds is 3. The van der Waals surface area contributed by atoms with Gasteiger partial charge in [-0.05, 0) is 6.92 Å². The topological polar surface area (TPSA) is 128 Å². The van der Waals surface area contributed by atoms with Crippen LogP contribution in [0.3, 0.4) is 0 Å². The number of nitrogens with two attached hydrogens (primary N) is 1. The van der Waals surface area contributed by atoms with E-state index in [0.29, 0.717) is 0 Å². The molecule has 0 unspecified atom stereocenters. The van der Waals surface area contributed by atoms with Crippen molar-refractivity contribution < 1.29 is 14.7 Å². The number of nitrogens with zero attached hydrogens (tertiary/aromatic N) is 3. The summed E-state index contributed by atoms with van der Waals surface area (Å²) < 4.78 is 4.67. The van der Waals surface area contributed by atoms with E-state index in [-0.39, 0.29) is 29.4 Å². The lowest BCUT2D eigenvalue weighted by Crippen LogP contribution is -2.15. The molecule has 3 N–H and O–H groups in total. The highest BCUT2D eigenvalue weighted by Gasteiger charge is 2.24. The lowest BCUT2D eigenvalue weighted by atomic mass is 10.2. The first-order valence-electron chi connectivity index (χ1n) is 3.62. The molecule has 1 heterocycles. The van der Waals surface area contributed by atoms with Crippen LogP contribution in [0.4, 0.5) is 5.69 Å². The monoisotopic (exact) mass is 200 g/mol. The normalized spacial score (nSPS) is 11.6. The number of aromatic nitrogens is 1. The summed E-state index contributed by atoms with van der Waals surface area (Å²) in [5.74, 6) is -0.202. The van der Waals surface area contributed by atoms with E-state index >= 15 is 0 Å². The Morgan fingerprint density at radius 1 is 1.86 bits per heavy atom. The second-order valence-electron chi connectivity index (χ2n) is 2.56. The Kier molecular flexibility index (Phi) is 2.65. The molecule has 0 aliphatic carbocycles. The standard InChI is InChI=1S/C6H8N4O4/c1-3-6(10(12)13)4(14-9-3)2-5(7)8-11/h11H,2H2,1H3,(H2,7,8). The third kappa shape index (κ3) is 1.79. The second-order valence-corrected chi connectivity index (χ2v) is 2.56. The van der Waals surface area contributed by atoms with Gasteiger partial charge in [0.25, 0.3) is 0 Å². The highest BCUT2D eigenvalue weighted by atomic mass is 16.6. The number of hydrogen-bond acceptors (Lipinski definition) is 6. The van der Waals surface area contributed by atoms with Crippen LogP contribution in [0.5, 0.6) is 0 Å². The predicted octanol–water partition coefficient (Wildman–Crippen LogP) is 0.180. The fourth-order valence-corrected chi connectivity index (χ4v) is 0.962. The van der Waals surface area contributed by atoms with Crippen LogP contribution in [0.1, 0.15) is 11.5 Å². The van der Waals surface area contributed by atoms with E-state index in [0.717, 1.165) is 0 Å². The van der Waals surface area contributed by atoms with Crippen LogP contribution in [0.25, 0.3) is 0 Å². The minimum atomic E-state index is -0.619. The maximum atomic E-state index is 10.5. The van der Waals surface area contributed by atoms with Gasteiger partial charge >= 0.3 is 5.69 Å². The number of hydrogen-bond donors (Lipinski definition) is 2. The van der Waals surface area contributed by atoms with Crippen LogP contribution < -0.4 is 5.73 Å². The lowest BCUT2D eigenvalue weighted by molar-refractivity contribution is -0.386. The molecule has 8 nitrogen and oxygen atoms in total. The maximum absolute atomic E-state index is 10.5. The average Bonchev–Trinajstić information content (AvgIpc) is 2.46. The van der Waals surface area contributed by atoms with Gasteiger partial charge in [0.05, 0.1) is 11.3 Å². The van der Waals surface area contributed by atoms with E-state index in [1.165, 1.54) is 6.92 Å². The Labute approximate surface area is 78.1 Å². The smallest absolute Gasteiger partial charge is 0.334 e. The van der Waals surface area contributed by atoms with Crippen molar-refractivity contribution >= 4 is 11.5 Å². The molecule has 8 heteroatoms. The third-order valence-corrected chi connectivity index (χ3v) is 1.55. The molecule has 14 heavy (non-hydrogen) atoms. The number of amidine groups is 1. The zero-order valence-electron chi connectivity index (χ0n) is 7.30. The van der Waals surface area contributed by atoms with Crippen molar-refractivity contribution in [3.63, 3.8) is 0 Å². The number of oxime groups is 1. The van der Waals surface area contributed by atoms with Crippen LogP contribution in [0, 0.1) is 17.0 Å². The van der Waals surface area contributed by atoms with Gasteiger partial charge in [0.1, 0.15) is 5.84 Å². The van der Waals surface area contributed by atoms with E-state index < -0.39 is 4.92 Å². The van der Waals surface area contributed by atoms with Crippen LogP contribution >= 0.6 is 0 Å². The Balaban J connectivity index is 3.04. The van der Waals surface area contributed by atoms with Crippen molar-refractivity contribution in [2.24, 2.45) is 10.9 Å². The van der Waals surface area contributed by atoms with Gasteiger partial charge < -0.3 is 15.5 Å². The summed E-state index contributed by atoms with van der Waals surface area (Å²) in [6.07, 6.45) is -0.145. The molecular formula is C6H8N4O4. The summed E-state index contributed by atoms with van der Waals surface area (Å²) in [7, 11) is 0. The van der Waals surface area contributed by atoms with Crippen LogP contribution in [0.2, 0.25) is 0 Å². The second kappa shape index (κ2) is 3.73. The summed E-state index contributed by atoms with van der Waals surface area (Å²) in [5.41, 5.74) is 5.10. The van der Waals surface area contributed by atoms with Gasteiger partial charge in [-0.2, -0.15) is 0 Å². The molecule has 0 saturated heterocycles. The van der Waals surface area contributed by atoms with Gasteiger partial charge in [0.2, 0.25) is 5.76 Å². The summed E-state index contributed by atoms with van der Waals surface area (Å²) in [6, 6.07) is 0. The molecule has 1 aromatic heterocycles. The number of aryl methyl sites for hydroxylation is 1. The minimum Gasteiger partial charge on any atom is -0.409 e. The molecule has 0 aromatic carbocycles. The molecule has 0 bridgehead atoms.